The fraction of sp³-hybridized carbons (Fsp3) is 0.615. The van der Waals surface area contributed by atoms with Crippen LogP contribution in [0.15, 0.2) is 18.5 Å². The molecule has 2 heterocycles. The average Bonchev–Trinajstić information content (AvgIpc) is 2.17. The van der Waals surface area contributed by atoms with Crippen molar-refractivity contribution in [1.29, 1.82) is 0 Å². The van der Waals surface area contributed by atoms with Crippen LogP contribution in [-0.2, 0) is 6.54 Å². The van der Waals surface area contributed by atoms with E-state index in [2.05, 4.69) is 29.8 Å². The van der Waals surface area contributed by atoms with Gasteiger partial charge in [-0.05, 0) is 43.4 Å². The van der Waals surface area contributed by atoms with Gasteiger partial charge in [-0.3, -0.25) is 9.88 Å². The molecule has 1 saturated heterocycles. The fourth-order valence-corrected chi connectivity index (χ4v) is 2.39. The Morgan fingerprint density at radius 2 is 2.33 bits per heavy atom. The second-order valence-corrected chi connectivity index (χ2v) is 4.85. The maximum absolute atomic E-state index is 4.24. The molecule has 15 heavy (non-hydrogen) atoms. The van der Waals surface area contributed by atoms with E-state index in [0.29, 0.717) is 0 Å². The zero-order valence-corrected chi connectivity index (χ0v) is 9.74. The molecule has 0 amide bonds. The smallest absolute Gasteiger partial charge is 0.0313 e. The highest BCUT2D eigenvalue weighted by Gasteiger charge is 2.16. The number of aromatic nitrogens is 1. The molecule has 1 atom stereocenters. The van der Waals surface area contributed by atoms with Crippen LogP contribution in [0.25, 0.3) is 0 Å². The molecule has 0 N–H and O–H groups in total. The average molecular weight is 204 g/mol. The van der Waals surface area contributed by atoms with E-state index in [4.69, 9.17) is 0 Å². The van der Waals surface area contributed by atoms with Crippen LogP contribution < -0.4 is 0 Å². The Labute approximate surface area is 92.3 Å². The van der Waals surface area contributed by atoms with Crippen LogP contribution >= 0.6 is 0 Å². The van der Waals surface area contributed by atoms with Gasteiger partial charge >= 0.3 is 0 Å². The SMILES string of the molecule is Cc1cncc(CN2CCC[C@H](C)C2)c1. The first-order valence-electron chi connectivity index (χ1n) is 5.87. The Morgan fingerprint density at radius 1 is 1.47 bits per heavy atom. The van der Waals surface area contributed by atoms with Crippen LogP contribution in [0.2, 0.25) is 0 Å². The molecule has 1 aromatic rings. The monoisotopic (exact) mass is 204 g/mol. The number of likely N-dealkylation sites (tertiary alicyclic amines) is 1. The van der Waals surface area contributed by atoms with Gasteiger partial charge in [-0.1, -0.05) is 13.0 Å². The largest absolute Gasteiger partial charge is 0.299 e. The van der Waals surface area contributed by atoms with E-state index in [1.54, 1.807) is 0 Å². The molecule has 0 spiro atoms. The van der Waals surface area contributed by atoms with Crippen molar-refractivity contribution >= 4 is 0 Å². The summed E-state index contributed by atoms with van der Waals surface area (Å²) in [5, 5.41) is 0. The van der Waals surface area contributed by atoms with Gasteiger partial charge in [-0.25, -0.2) is 0 Å². The van der Waals surface area contributed by atoms with Crippen LogP contribution in [0, 0.1) is 12.8 Å². The van der Waals surface area contributed by atoms with Crippen molar-refractivity contribution in [2.75, 3.05) is 13.1 Å². The lowest BCUT2D eigenvalue weighted by Gasteiger charge is -2.30. The number of hydrogen-bond acceptors (Lipinski definition) is 2. The minimum atomic E-state index is 0.858. The summed E-state index contributed by atoms with van der Waals surface area (Å²) in [5.41, 5.74) is 2.61. The molecule has 1 aliphatic heterocycles. The van der Waals surface area contributed by atoms with Crippen molar-refractivity contribution in [2.24, 2.45) is 5.92 Å². The highest BCUT2D eigenvalue weighted by molar-refractivity contribution is 5.16. The third-order valence-corrected chi connectivity index (χ3v) is 3.08. The molecule has 1 fully saturated rings. The van der Waals surface area contributed by atoms with Crippen molar-refractivity contribution < 1.29 is 0 Å². The van der Waals surface area contributed by atoms with Crippen LogP contribution in [0.4, 0.5) is 0 Å². The minimum Gasteiger partial charge on any atom is -0.299 e. The lowest BCUT2D eigenvalue weighted by Crippen LogP contribution is -2.33. The molecule has 0 radical (unpaired) electrons. The molecule has 0 unspecified atom stereocenters. The lowest BCUT2D eigenvalue weighted by atomic mass is 10.00. The number of hydrogen-bond donors (Lipinski definition) is 0. The third kappa shape index (κ3) is 3.03. The van der Waals surface area contributed by atoms with Gasteiger partial charge in [0, 0.05) is 25.5 Å². The first kappa shape index (κ1) is 10.6. The van der Waals surface area contributed by atoms with Crippen molar-refractivity contribution in [3.8, 4) is 0 Å². The molecule has 0 aromatic carbocycles. The Balaban J connectivity index is 1.96. The third-order valence-electron chi connectivity index (χ3n) is 3.08. The zero-order valence-electron chi connectivity index (χ0n) is 9.74. The van der Waals surface area contributed by atoms with Gasteiger partial charge in [0.2, 0.25) is 0 Å². The van der Waals surface area contributed by atoms with Crippen LogP contribution in [-0.4, -0.2) is 23.0 Å². The van der Waals surface area contributed by atoms with Gasteiger partial charge in [0.05, 0.1) is 0 Å². The summed E-state index contributed by atoms with van der Waals surface area (Å²) in [7, 11) is 0. The predicted octanol–water partition coefficient (Wildman–Crippen LogP) is 2.62. The van der Waals surface area contributed by atoms with Gasteiger partial charge in [0.25, 0.3) is 0 Å². The van der Waals surface area contributed by atoms with Crippen LogP contribution in [0.1, 0.15) is 30.9 Å². The minimum absolute atomic E-state index is 0.858. The van der Waals surface area contributed by atoms with Crippen LogP contribution in [0.3, 0.4) is 0 Å². The Bertz CT molecular complexity index is 322. The molecule has 0 aliphatic carbocycles. The molecule has 1 aromatic heterocycles. The lowest BCUT2D eigenvalue weighted by molar-refractivity contribution is 0.176. The first-order chi connectivity index (χ1) is 7.24. The van der Waals surface area contributed by atoms with Crippen molar-refractivity contribution in [1.82, 2.24) is 9.88 Å². The highest BCUT2D eigenvalue weighted by atomic mass is 15.1. The number of nitrogens with zero attached hydrogens (tertiary/aromatic N) is 2. The van der Waals surface area contributed by atoms with E-state index in [0.717, 1.165) is 12.5 Å². The van der Waals surface area contributed by atoms with Gasteiger partial charge in [-0.15, -0.1) is 0 Å². The Kier molecular flexibility index (Phi) is 3.37. The summed E-state index contributed by atoms with van der Waals surface area (Å²) >= 11 is 0. The Morgan fingerprint density at radius 3 is 3.07 bits per heavy atom. The second kappa shape index (κ2) is 4.75. The van der Waals surface area contributed by atoms with Gasteiger partial charge in [0.1, 0.15) is 0 Å². The second-order valence-electron chi connectivity index (χ2n) is 4.85. The van der Waals surface area contributed by atoms with E-state index >= 15 is 0 Å². The summed E-state index contributed by atoms with van der Waals surface area (Å²) in [4.78, 5) is 6.79. The van der Waals surface area contributed by atoms with Crippen molar-refractivity contribution in [2.45, 2.75) is 33.2 Å². The molecule has 82 valence electrons. The molecular weight excluding hydrogens is 184 g/mol. The number of pyridine rings is 1. The summed E-state index contributed by atoms with van der Waals surface area (Å²) in [6.07, 6.45) is 6.65. The predicted molar refractivity (Wildman–Crippen MR) is 62.6 cm³/mol. The fourth-order valence-electron chi connectivity index (χ4n) is 2.39. The molecule has 2 nitrogen and oxygen atoms in total. The molecular formula is C13H20N2. The molecule has 2 rings (SSSR count). The molecule has 1 aliphatic rings. The van der Waals surface area contributed by atoms with E-state index < -0.39 is 0 Å². The van der Waals surface area contributed by atoms with E-state index in [-0.39, 0.29) is 0 Å². The number of aryl methyl sites for hydroxylation is 1. The summed E-state index contributed by atoms with van der Waals surface area (Å²) in [6, 6.07) is 2.24. The highest BCUT2D eigenvalue weighted by Crippen LogP contribution is 2.17. The van der Waals surface area contributed by atoms with E-state index in [9.17, 15) is 0 Å². The Hall–Kier alpha value is -0.890. The van der Waals surface area contributed by atoms with Gasteiger partial charge in [0.15, 0.2) is 0 Å². The van der Waals surface area contributed by atoms with E-state index in [1.165, 1.54) is 37.1 Å². The topological polar surface area (TPSA) is 16.1 Å². The van der Waals surface area contributed by atoms with Gasteiger partial charge in [-0.2, -0.15) is 0 Å². The quantitative estimate of drug-likeness (QED) is 0.736. The maximum Gasteiger partial charge on any atom is 0.0313 e. The van der Waals surface area contributed by atoms with Crippen LogP contribution in [0.5, 0.6) is 0 Å². The normalized spacial score (nSPS) is 22.9. The van der Waals surface area contributed by atoms with Crippen molar-refractivity contribution in [3.05, 3.63) is 29.6 Å². The number of piperidine rings is 1. The molecule has 2 heteroatoms. The van der Waals surface area contributed by atoms with E-state index in [1.807, 2.05) is 12.4 Å². The maximum atomic E-state index is 4.24. The zero-order chi connectivity index (χ0) is 10.7. The standard InChI is InChI=1S/C13H20N2/c1-11-4-3-5-15(9-11)10-13-6-12(2)7-14-8-13/h6-8,11H,3-5,9-10H2,1-2H3/t11-/m0/s1. The summed E-state index contributed by atoms with van der Waals surface area (Å²) in [5.74, 6) is 0.858. The first-order valence-corrected chi connectivity index (χ1v) is 5.87. The summed E-state index contributed by atoms with van der Waals surface area (Å²) in [6.45, 7) is 8.02. The number of rotatable bonds is 2. The van der Waals surface area contributed by atoms with Crippen molar-refractivity contribution in [3.63, 3.8) is 0 Å². The molecule has 0 saturated carbocycles. The van der Waals surface area contributed by atoms with Gasteiger partial charge < -0.3 is 0 Å². The summed E-state index contributed by atoms with van der Waals surface area (Å²) < 4.78 is 0. The molecule has 0 bridgehead atoms.